The molecule has 1 unspecified atom stereocenters. The highest BCUT2D eigenvalue weighted by Gasteiger charge is 2.45. The lowest BCUT2D eigenvalue weighted by atomic mass is 10.1. The monoisotopic (exact) mass is 279 g/mol. The van der Waals surface area contributed by atoms with Crippen LogP contribution in [0.1, 0.15) is 25.1 Å². The summed E-state index contributed by atoms with van der Waals surface area (Å²) in [6, 6.07) is 4.31. The van der Waals surface area contributed by atoms with E-state index in [1.54, 1.807) is 0 Å². The molecule has 19 heavy (non-hydrogen) atoms. The lowest BCUT2D eigenvalue weighted by molar-refractivity contribution is 0.475. The first kappa shape index (κ1) is 14.4. The molecule has 1 aliphatic rings. The molecule has 1 aliphatic carbocycles. The van der Waals surface area contributed by atoms with Gasteiger partial charge in [-0.25, -0.2) is 0 Å². The molecule has 1 saturated carbocycles. The SMILES string of the molecule is CN=C(NCC1CC1(C)C)N(C)CCc1cccs1. The van der Waals surface area contributed by atoms with E-state index in [1.807, 2.05) is 18.4 Å². The highest BCUT2D eigenvalue weighted by Crippen LogP contribution is 2.50. The van der Waals surface area contributed by atoms with Crippen LogP contribution in [0.15, 0.2) is 22.5 Å². The fourth-order valence-electron chi connectivity index (χ4n) is 2.36. The first-order valence-corrected chi connectivity index (χ1v) is 7.85. The van der Waals surface area contributed by atoms with Gasteiger partial charge in [0.15, 0.2) is 5.96 Å². The largest absolute Gasteiger partial charge is 0.356 e. The Hall–Kier alpha value is -1.03. The van der Waals surface area contributed by atoms with E-state index in [-0.39, 0.29) is 0 Å². The van der Waals surface area contributed by atoms with Gasteiger partial charge in [0.1, 0.15) is 0 Å². The van der Waals surface area contributed by atoms with Gasteiger partial charge in [0, 0.05) is 32.1 Å². The maximum atomic E-state index is 4.37. The highest BCUT2D eigenvalue weighted by molar-refractivity contribution is 7.09. The summed E-state index contributed by atoms with van der Waals surface area (Å²) in [7, 11) is 3.98. The number of aliphatic imine (C=N–C) groups is 1. The Kier molecular flexibility index (Phi) is 4.50. The van der Waals surface area contributed by atoms with Gasteiger partial charge in [0.25, 0.3) is 0 Å². The van der Waals surface area contributed by atoms with Gasteiger partial charge in [0.05, 0.1) is 0 Å². The Labute approximate surface area is 120 Å². The second-order valence-electron chi connectivity index (χ2n) is 6.07. The van der Waals surface area contributed by atoms with Crippen molar-refractivity contribution in [3.8, 4) is 0 Å². The number of likely N-dealkylation sites (N-methyl/N-ethyl adjacent to an activating group) is 1. The molecular weight excluding hydrogens is 254 g/mol. The van der Waals surface area contributed by atoms with Crippen molar-refractivity contribution in [1.29, 1.82) is 0 Å². The number of rotatable bonds is 5. The van der Waals surface area contributed by atoms with Crippen LogP contribution in [0.4, 0.5) is 0 Å². The van der Waals surface area contributed by atoms with E-state index in [9.17, 15) is 0 Å². The Balaban J connectivity index is 1.74. The smallest absolute Gasteiger partial charge is 0.193 e. The van der Waals surface area contributed by atoms with Crippen LogP contribution in [0.25, 0.3) is 0 Å². The van der Waals surface area contributed by atoms with Crippen LogP contribution in [-0.4, -0.2) is 38.0 Å². The summed E-state index contributed by atoms with van der Waals surface area (Å²) in [5, 5.41) is 5.63. The zero-order chi connectivity index (χ0) is 13.9. The molecule has 1 atom stereocenters. The summed E-state index contributed by atoms with van der Waals surface area (Å²) in [5.41, 5.74) is 0.529. The minimum atomic E-state index is 0.529. The van der Waals surface area contributed by atoms with Crippen LogP contribution in [0.2, 0.25) is 0 Å². The van der Waals surface area contributed by atoms with Crippen molar-refractivity contribution < 1.29 is 0 Å². The molecule has 1 N–H and O–H groups in total. The van der Waals surface area contributed by atoms with Crippen molar-refractivity contribution in [2.24, 2.45) is 16.3 Å². The fourth-order valence-corrected chi connectivity index (χ4v) is 3.06. The zero-order valence-electron chi connectivity index (χ0n) is 12.4. The maximum absolute atomic E-state index is 4.37. The predicted molar refractivity (Wildman–Crippen MR) is 83.9 cm³/mol. The van der Waals surface area contributed by atoms with Gasteiger partial charge in [0.2, 0.25) is 0 Å². The average Bonchev–Trinajstić information content (AvgIpc) is 2.81. The first-order valence-electron chi connectivity index (χ1n) is 6.97. The molecule has 3 nitrogen and oxygen atoms in total. The van der Waals surface area contributed by atoms with Gasteiger partial charge in [-0.3, -0.25) is 4.99 Å². The van der Waals surface area contributed by atoms with E-state index in [2.05, 4.69) is 53.6 Å². The molecular formula is C15H25N3S. The summed E-state index contributed by atoms with van der Waals surface area (Å²) in [5.74, 6) is 1.81. The second-order valence-corrected chi connectivity index (χ2v) is 7.10. The Morgan fingerprint density at radius 3 is 2.84 bits per heavy atom. The Morgan fingerprint density at radius 2 is 2.32 bits per heavy atom. The quantitative estimate of drug-likeness (QED) is 0.663. The number of hydrogen-bond acceptors (Lipinski definition) is 2. The molecule has 0 bridgehead atoms. The van der Waals surface area contributed by atoms with Crippen LogP contribution < -0.4 is 5.32 Å². The summed E-state index contributed by atoms with van der Waals surface area (Å²) in [6.07, 6.45) is 2.42. The van der Waals surface area contributed by atoms with Crippen molar-refractivity contribution in [3.63, 3.8) is 0 Å². The van der Waals surface area contributed by atoms with Crippen molar-refractivity contribution in [2.75, 3.05) is 27.2 Å². The third-order valence-corrected chi connectivity index (χ3v) is 5.01. The molecule has 0 radical (unpaired) electrons. The van der Waals surface area contributed by atoms with Gasteiger partial charge >= 0.3 is 0 Å². The van der Waals surface area contributed by atoms with E-state index in [1.165, 1.54) is 11.3 Å². The molecule has 106 valence electrons. The second kappa shape index (κ2) is 5.95. The van der Waals surface area contributed by atoms with Gasteiger partial charge in [-0.15, -0.1) is 11.3 Å². The zero-order valence-corrected chi connectivity index (χ0v) is 13.3. The lowest BCUT2D eigenvalue weighted by Gasteiger charge is -2.22. The van der Waals surface area contributed by atoms with Crippen molar-refractivity contribution in [3.05, 3.63) is 22.4 Å². The number of nitrogens with zero attached hydrogens (tertiary/aromatic N) is 2. The standard InChI is InChI=1S/C15H25N3S/c1-15(2)10-12(15)11-17-14(16-3)18(4)8-7-13-6-5-9-19-13/h5-6,9,12H,7-8,10-11H2,1-4H3,(H,16,17). The average molecular weight is 279 g/mol. The number of nitrogens with one attached hydrogen (secondary N) is 1. The molecule has 1 heterocycles. The minimum absolute atomic E-state index is 0.529. The Bertz CT molecular complexity index is 423. The molecule has 0 saturated heterocycles. The fraction of sp³-hybridized carbons (Fsp3) is 0.667. The molecule has 4 heteroatoms. The van der Waals surface area contributed by atoms with Crippen LogP contribution in [0, 0.1) is 11.3 Å². The van der Waals surface area contributed by atoms with Crippen molar-refractivity contribution in [1.82, 2.24) is 10.2 Å². The number of hydrogen-bond donors (Lipinski definition) is 1. The maximum Gasteiger partial charge on any atom is 0.193 e. The molecule has 0 aromatic carbocycles. The first-order chi connectivity index (χ1) is 9.03. The number of guanidine groups is 1. The minimum Gasteiger partial charge on any atom is -0.356 e. The normalized spacial score (nSPS) is 21.3. The summed E-state index contributed by atoms with van der Waals surface area (Å²) in [4.78, 5) is 8.02. The Morgan fingerprint density at radius 1 is 1.58 bits per heavy atom. The number of thiophene rings is 1. The predicted octanol–water partition coefficient (Wildman–Crippen LogP) is 2.84. The summed E-state index contributed by atoms with van der Waals surface area (Å²) >= 11 is 1.83. The third kappa shape index (κ3) is 3.96. The van der Waals surface area contributed by atoms with E-state index in [0.717, 1.165) is 31.4 Å². The third-order valence-electron chi connectivity index (χ3n) is 4.07. The molecule has 2 rings (SSSR count). The molecule has 0 spiro atoms. The van der Waals surface area contributed by atoms with E-state index in [4.69, 9.17) is 0 Å². The highest BCUT2D eigenvalue weighted by atomic mass is 32.1. The van der Waals surface area contributed by atoms with Gasteiger partial charge in [-0.05, 0) is 35.6 Å². The molecule has 0 amide bonds. The van der Waals surface area contributed by atoms with Crippen LogP contribution >= 0.6 is 11.3 Å². The lowest BCUT2D eigenvalue weighted by Crippen LogP contribution is -2.41. The molecule has 0 aliphatic heterocycles. The van der Waals surface area contributed by atoms with E-state index in [0.29, 0.717) is 5.41 Å². The van der Waals surface area contributed by atoms with E-state index >= 15 is 0 Å². The molecule has 1 aromatic heterocycles. The summed E-state index contributed by atoms with van der Waals surface area (Å²) in [6.45, 7) is 6.72. The topological polar surface area (TPSA) is 27.6 Å². The van der Waals surface area contributed by atoms with Crippen LogP contribution in [-0.2, 0) is 6.42 Å². The van der Waals surface area contributed by atoms with Gasteiger partial charge < -0.3 is 10.2 Å². The van der Waals surface area contributed by atoms with Crippen LogP contribution in [0.5, 0.6) is 0 Å². The van der Waals surface area contributed by atoms with Crippen molar-refractivity contribution >= 4 is 17.3 Å². The summed E-state index contributed by atoms with van der Waals surface area (Å²) < 4.78 is 0. The van der Waals surface area contributed by atoms with Crippen LogP contribution in [0.3, 0.4) is 0 Å². The van der Waals surface area contributed by atoms with E-state index < -0.39 is 0 Å². The van der Waals surface area contributed by atoms with Gasteiger partial charge in [-0.1, -0.05) is 19.9 Å². The molecule has 1 aromatic rings. The molecule has 1 fully saturated rings. The van der Waals surface area contributed by atoms with Gasteiger partial charge in [-0.2, -0.15) is 0 Å². The van der Waals surface area contributed by atoms with Crippen molar-refractivity contribution in [2.45, 2.75) is 26.7 Å².